The minimum atomic E-state index is -0.895. The largest absolute Gasteiger partial charge is 0.379 e. The first-order chi connectivity index (χ1) is 20.2. The Morgan fingerprint density at radius 1 is 1.11 bits per heavy atom. The van der Waals surface area contributed by atoms with Crippen LogP contribution in [0.4, 0.5) is 10.1 Å². The first-order valence-electron chi connectivity index (χ1n) is 15.1. The molecule has 2 fully saturated rings. The number of piperazine rings is 1. The van der Waals surface area contributed by atoms with Gasteiger partial charge in [-0.15, -0.1) is 24.8 Å². The monoisotopic (exact) mass is 652 g/mol. The normalized spacial score (nSPS) is 25.5. The second kappa shape index (κ2) is 15.8. The number of halogens is 3. The number of nitrogens with zero attached hydrogens (tertiary/aromatic N) is 3. The van der Waals surface area contributed by atoms with E-state index in [9.17, 15) is 14.0 Å². The summed E-state index contributed by atoms with van der Waals surface area (Å²) in [6.45, 7) is 12.3. The molecule has 3 heterocycles. The average molecular weight is 654 g/mol. The minimum absolute atomic E-state index is 0. The smallest absolute Gasteiger partial charge is 0.241 e. The lowest BCUT2D eigenvalue weighted by Gasteiger charge is -2.43. The summed E-state index contributed by atoms with van der Waals surface area (Å²) in [4.78, 5) is 34.1. The van der Waals surface area contributed by atoms with Gasteiger partial charge in [0.1, 0.15) is 5.82 Å². The van der Waals surface area contributed by atoms with Crippen LogP contribution in [0.15, 0.2) is 42.5 Å². The molecule has 0 saturated carbocycles. The van der Waals surface area contributed by atoms with Crippen LogP contribution >= 0.6 is 24.8 Å². The molecule has 2 amide bonds. The Kier molecular flexibility index (Phi) is 13.0. The van der Waals surface area contributed by atoms with E-state index in [2.05, 4.69) is 34.3 Å². The number of carbonyl (C=O) groups excluding carboxylic acids is 2. The van der Waals surface area contributed by atoms with Gasteiger partial charge in [-0.25, -0.2) is 4.39 Å². The SMILES string of the molecule is C[C@@H]1CN(CC(=O)N2CC(C)(C(=O)NCCN)c3ccc(Cc4ccc(F)cc4)cc32)[C@@H](CN2CCOC[C@H]2C)CN1.Cl.Cl. The molecule has 44 heavy (non-hydrogen) atoms. The molecule has 5 rings (SSSR count). The van der Waals surface area contributed by atoms with E-state index in [1.54, 1.807) is 17.0 Å². The number of amides is 2. The number of carbonyl (C=O) groups is 2. The molecule has 2 aromatic rings. The molecule has 244 valence electrons. The molecule has 0 bridgehead atoms. The maximum Gasteiger partial charge on any atom is 0.241 e. The number of nitrogens with two attached hydrogens (primary N) is 1. The van der Waals surface area contributed by atoms with Crippen molar-refractivity contribution in [3.63, 3.8) is 0 Å². The number of anilines is 1. The zero-order valence-corrected chi connectivity index (χ0v) is 27.5. The summed E-state index contributed by atoms with van der Waals surface area (Å²) >= 11 is 0. The highest BCUT2D eigenvalue weighted by atomic mass is 35.5. The Bertz CT molecular complexity index is 1270. The Morgan fingerprint density at radius 3 is 2.55 bits per heavy atom. The number of fused-ring (bicyclic) bond motifs is 1. The van der Waals surface area contributed by atoms with E-state index in [0.29, 0.717) is 25.6 Å². The summed E-state index contributed by atoms with van der Waals surface area (Å²) in [5.74, 6) is -0.419. The van der Waals surface area contributed by atoms with Gasteiger partial charge in [-0.05, 0) is 62.1 Å². The predicted octanol–water partition coefficient (Wildman–Crippen LogP) is 2.32. The lowest BCUT2D eigenvalue weighted by atomic mass is 9.83. The van der Waals surface area contributed by atoms with E-state index in [-0.39, 0.29) is 67.6 Å². The van der Waals surface area contributed by atoms with Gasteiger partial charge in [-0.3, -0.25) is 19.4 Å². The van der Waals surface area contributed by atoms with E-state index in [1.807, 2.05) is 25.1 Å². The fourth-order valence-electron chi connectivity index (χ4n) is 6.47. The van der Waals surface area contributed by atoms with Crippen molar-refractivity contribution in [3.05, 3.63) is 65.0 Å². The van der Waals surface area contributed by atoms with Gasteiger partial charge >= 0.3 is 0 Å². The highest BCUT2D eigenvalue weighted by molar-refractivity contribution is 6.03. The summed E-state index contributed by atoms with van der Waals surface area (Å²) < 4.78 is 19.1. The molecule has 3 aliphatic rings. The lowest BCUT2D eigenvalue weighted by molar-refractivity contribution is -0.125. The highest BCUT2D eigenvalue weighted by Crippen LogP contribution is 2.42. The molecular weight excluding hydrogens is 606 g/mol. The van der Waals surface area contributed by atoms with Crippen LogP contribution in [0, 0.1) is 5.82 Å². The highest BCUT2D eigenvalue weighted by Gasteiger charge is 2.47. The van der Waals surface area contributed by atoms with Crippen molar-refractivity contribution in [2.45, 2.75) is 50.7 Å². The van der Waals surface area contributed by atoms with Crippen LogP contribution in [0.25, 0.3) is 0 Å². The molecule has 4 atom stereocenters. The average Bonchev–Trinajstić information content (AvgIpc) is 3.28. The Balaban J connectivity index is 0.00000264. The van der Waals surface area contributed by atoms with Crippen LogP contribution in [0.3, 0.4) is 0 Å². The van der Waals surface area contributed by atoms with Gasteiger partial charge in [0.05, 0.1) is 25.2 Å². The molecule has 0 radical (unpaired) electrons. The van der Waals surface area contributed by atoms with Crippen LogP contribution in [0.5, 0.6) is 0 Å². The second-order valence-electron chi connectivity index (χ2n) is 12.3. The van der Waals surface area contributed by atoms with Gasteiger partial charge < -0.3 is 26.0 Å². The molecule has 9 nitrogen and oxygen atoms in total. The van der Waals surface area contributed by atoms with Crippen molar-refractivity contribution in [2.24, 2.45) is 5.73 Å². The van der Waals surface area contributed by atoms with Crippen molar-refractivity contribution in [1.82, 2.24) is 20.4 Å². The number of hydrogen-bond donors (Lipinski definition) is 3. The molecule has 0 spiro atoms. The van der Waals surface area contributed by atoms with Gasteiger partial charge in [0, 0.05) is 69.6 Å². The van der Waals surface area contributed by atoms with E-state index < -0.39 is 5.41 Å². The summed E-state index contributed by atoms with van der Waals surface area (Å²) in [5, 5.41) is 6.54. The van der Waals surface area contributed by atoms with Crippen molar-refractivity contribution in [2.75, 3.05) is 70.5 Å². The maximum atomic E-state index is 14.2. The number of ether oxygens (including phenoxy) is 1. The topological polar surface area (TPSA) is 103 Å². The molecule has 12 heteroatoms. The fourth-order valence-corrected chi connectivity index (χ4v) is 6.47. The van der Waals surface area contributed by atoms with E-state index >= 15 is 0 Å². The van der Waals surface area contributed by atoms with E-state index in [1.165, 1.54) is 12.1 Å². The molecule has 0 aromatic heterocycles. The Morgan fingerprint density at radius 2 is 1.84 bits per heavy atom. The third-order valence-corrected chi connectivity index (χ3v) is 8.99. The molecular formula is C32H47Cl2FN6O3. The van der Waals surface area contributed by atoms with Crippen LogP contribution in [0.1, 0.15) is 37.5 Å². The molecule has 4 N–H and O–H groups in total. The number of nitrogens with one attached hydrogen (secondary N) is 2. The number of morpholine rings is 1. The summed E-state index contributed by atoms with van der Waals surface area (Å²) in [6.07, 6.45) is 0.598. The van der Waals surface area contributed by atoms with Crippen molar-refractivity contribution in [1.29, 1.82) is 0 Å². The van der Waals surface area contributed by atoms with Crippen molar-refractivity contribution < 1.29 is 18.7 Å². The van der Waals surface area contributed by atoms with Gasteiger partial charge in [0.2, 0.25) is 11.8 Å². The number of rotatable bonds is 9. The second-order valence-corrected chi connectivity index (χ2v) is 12.3. The predicted molar refractivity (Wildman–Crippen MR) is 177 cm³/mol. The first kappa shape index (κ1) is 36.2. The molecule has 2 saturated heterocycles. The maximum absolute atomic E-state index is 14.2. The number of benzene rings is 2. The van der Waals surface area contributed by atoms with Crippen LogP contribution in [-0.2, 0) is 26.2 Å². The third kappa shape index (κ3) is 8.09. The molecule has 1 unspecified atom stereocenters. The van der Waals surface area contributed by atoms with Crippen molar-refractivity contribution in [3.8, 4) is 0 Å². The van der Waals surface area contributed by atoms with Crippen LogP contribution < -0.4 is 21.3 Å². The van der Waals surface area contributed by atoms with Crippen LogP contribution in [0.2, 0.25) is 0 Å². The Hall–Kier alpha value is -2.31. The van der Waals surface area contributed by atoms with Crippen LogP contribution in [-0.4, -0.2) is 105 Å². The zero-order chi connectivity index (χ0) is 29.9. The third-order valence-electron chi connectivity index (χ3n) is 8.99. The Labute approximate surface area is 272 Å². The van der Waals surface area contributed by atoms with E-state index in [4.69, 9.17) is 10.5 Å². The van der Waals surface area contributed by atoms with E-state index in [0.717, 1.165) is 61.8 Å². The van der Waals surface area contributed by atoms with Gasteiger partial charge in [-0.1, -0.05) is 24.3 Å². The standard InChI is InChI=1S/C32H45FN6O3.2ClH/c1-22-17-38(27(16-36-22)18-37-12-13-42-20-23(37)2)19-30(40)39-21-32(3,31(41)35-11-10-34)28-9-6-25(15-29(28)39)14-24-4-7-26(33)8-5-24;;/h4-9,15,22-23,27,36H,10-14,16-21,34H2,1-3H3,(H,35,41);2*1H/t22-,23-,27-,32?;;/m1../s1. The minimum Gasteiger partial charge on any atom is -0.379 e. The lowest BCUT2D eigenvalue weighted by Crippen LogP contribution is -2.62. The summed E-state index contributed by atoms with van der Waals surface area (Å²) in [5.41, 5.74) is 8.36. The zero-order valence-electron chi connectivity index (χ0n) is 25.9. The number of hydrogen-bond acceptors (Lipinski definition) is 7. The molecule has 2 aromatic carbocycles. The van der Waals surface area contributed by atoms with Gasteiger partial charge in [0.15, 0.2) is 0 Å². The first-order valence-corrected chi connectivity index (χ1v) is 15.1. The summed E-state index contributed by atoms with van der Waals surface area (Å²) in [6, 6.07) is 13.3. The molecule has 0 aliphatic carbocycles. The van der Waals surface area contributed by atoms with Gasteiger partial charge in [-0.2, -0.15) is 0 Å². The fraction of sp³-hybridized carbons (Fsp3) is 0.562. The summed E-state index contributed by atoms with van der Waals surface area (Å²) in [7, 11) is 0. The van der Waals surface area contributed by atoms with Crippen molar-refractivity contribution >= 4 is 42.3 Å². The molecule has 3 aliphatic heterocycles. The quantitative estimate of drug-likeness (QED) is 0.382. The van der Waals surface area contributed by atoms with Gasteiger partial charge in [0.25, 0.3) is 0 Å².